The Hall–Kier alpha value is -3.42. The van der Waals surface area contributed by atoms with E-state index in [0.29, 0.717) is 22.9 Å². The summed E-state index contributed by atoms with van der Waals surface area (Å²) in [5, 5.41) is 7.48. The molecule has 0 saturated heterocycles. The molecule has 27 heavy (non-hydrogen) atoms. The summed E-state index contributed by atoms with van der Waals surface area (Å²) in [6.45, 7) is 1.87. The second-order valence-corrected chi connectivity index (χ2v) is 6.01. The maximum atomic E-state index is 13.0. The highest BCUT2D eigenvalue weighted by molar-refractivity contribution is 5.65. The molecule has 0 radical (unpaired) electrons. The van der Waals surface area contributed by atoms with E-state index >= 15 is 0 Å². The van der Waals surface area contributed by atoms with Crippen molar-refractivity contribution in [1.29, 1.82) is 0 Å². The number of hydrogen-bond donors (Lipinski definition) is 1. The minimum atomic E-state index is -4.40. The Morgan fingerprint density at radius 3 is 2.59 bits per heavy atom. The van der Waals surface area contributed by atoms with Crippen LogP contribution in [0, 0.1) is 6.92 Å². The van der Waals surface area contributed by atoms with E-state index in [-0.39, 0.29) is 0 Å². The van der Waals surface area contributed by atoms with E-state index in [1.807, 2.05) is 13.0 Å². The van der Waals surface area contributed by atoms with Gasteiger partial charge in [-0.2, -0.15) is 18.2 Å². The number of benzene rings is 1. The Morgan fingerprint density at radius 2 is 1.81 bits per heavy atom. The van der Waals surface area contributed by atoms with Crippen molar-refractivity contribution in [2.24, 2.45) is 0 Å². The maximum absolute atomic E-state index is 13.0. The second kappa shape index (κ2) is 6.39. The van der Waals surface area contributed by atoms with Gasteiger partial charge in [0, 0.05) is 23.1 Å². The van der Waals surface area contributed by atoms with E-state index in [4.69, 9.17) is 0 Å². The lowest BCUT2D eigenvalue weighted by Gasteiger charge is -2.09. The van der Waals surface area contributed by atoms with Crippen molar-refractivity contribution < 1.29 is 13.2 Å². The first-order chi connectivity index (χ1) is 12.9. The molecule has 0 unspecified atom stereocenters. The Bertz CT molecular complexity index is 1120. The van der Waals surface area contributed by atoms with Crippen LogP contribution in [0.15, 0.2) is 60.8 Å². The fourth-order valence-electron chi connectivity index (χ4n) is 2.78. The Kier molecular flexibility index (Phi) is 4.02. The first-order valence-corrected chi connectivity index (χ1v) is 8.13. The molecule has 4 aromatic rings. The number of nitrogens with one attached hydrogen (secondary N) is 1. The molecule has 0 saturated carbocycles. The van der Waals surface area contributed by atoms with E-state index in [1.54, 1.807) is 36.5 Å². The molecule has 3 aromatic heterocycles. The average molecular weight is 369 g/mol. The molecule has 4 rings (SSSR count). The number of aromatic nitrogens is 4. The molecule has 1 aromatic carbocycles. The smallest absolute Gasteiger partial charge is 0.323 e. The fourth-order valence-corrected chi connectivity index (χ4v) is 2.78. The van der Waals surface area contributed by atoms with Crippen molar-refractivity contribution in [2.45, 2.75) is 13.1 Å². The molecule has 136 valence electrons. The Balaban J connectivity index is 1.76. The van der Waals surface area contributed by atoms with Gasteiger partial charge < -0.3 is 5.32 Å². The maximum Gasteiger partial charge on any atom is 0.416 e. The summed E-state index contributed by atoms with van der Waals surface area (Å²) >= 11 is 0. The minimum Gasteiger partial charge on any atom is -0.323 e. The van der Waals surface area contributed by atoms with Gasteiger partial charge in [-0.1, -0.05) is 18.2 Å². The summed E-state index contributed by atoms with van der Waals surface area (Å²) in [4.78, 5) is 8.52. The van der Waals surface area contributed by atoms with E-state index < -0.39 is 11.7 Å². The number of alkyl halides is 3. The van der Waals surface area contributed by atoms with Crippen molar-refractivity contribution in [1.82, 2.24) is 19.6 Å². The molecule has 0 fully saturated rings. The van der Waals surface area contributed by atoms with E-state index in [9.17, 15) is 13.2 Å². The van der Waals surface area contributed by atoms with Gasteiger partial charge >= 0.3 is 6.18 Å². The predicted octanol–water partition coefficient (Wildman–Crippen LogP) is 4.86. The van der Waals surface area contributed by atoms with Crippen molar-refractivity contribution in [2.75, 3.05) is 5.32 Å². The summed E-state index contributed by atoms with van der Waals surface area (Å²) in [6.07, 6.45) is -2.74. The fraction of sp³-hybridized carbons (Fsp3) is 0.105. The molecule has 0 amide bonds. The molecular weight excluding hydrogens is 355 g/mol. The average Bonchev–Trinajstić information content (AvgIpc) is 3.03. The SMILES string of the molecule is Cc1cc(Nc2nc3cccc(-c4cccc(C(F)(F)F)c4)n3n2)ccn1. The predicted molar refractivity (Wildman–Crippen MR) is 95.7 cm³/mol. The van der Waals surface area contributed by atoms with Crippen LogP contribution in [-0.4, -0.2) is 19.6 Å². The van der Waals surface area contributed by atoms with Crippen LogP contribution >= 0.6 is 0 Å². The molecular formula is C19H14F3N5. The lowest BCUT2D eigenvalue weighted by atomic mass is 10.1. The van der Waals surface area contributed by atoms with Gasteiger partial charge in [0.25, 0.3) is 0 Å². The number of anilines is 2. The van der Waals surface area contributed by atoms with Crippen molar-refractivity contribution in [3.63, 3.8) is 0 Å². The Morgan fingerprint density at radius 1 is 1.00 bits per heavy atom. The quantitative estimate of drug-likeness (QED) is 0.560. The summed E-state index contributed by atoms with van der Waals surface area (Å²) < 4.78 is 40.6. The normalized spacial score (nSPS) is 11.7. The van der Waals surface area contributed by atoms with Gasteiger partial charge in [0.2, 0.25) is 5.95 Å². The third-order valence-electron chi connectivity index (χ3n) is 4.00. The van der Waals surface area contributed by atoms with Crippen LogP contribution in [0.1, 0.15) is 11.3 Å². The number of nitrogens with zero attached hydrogens (tertiary/aromatic N) is 4. The van der Waals surface area contributed by atoms with Gasteiger partial charge in [-0.05, 0) is 43.3 Å². The van der Waals surface area contributed by atoms with E-state index in [2.05, 4.69) is 20.4 Å². The Labute approximate surface area is 152 Å². The van der Waals surface area contributed by atoms with Gasteiger partial charge in [0.1, 0.15) is 0 Å². The van der Waals surface area contributed by atoms with Crippen LogP contribution in [0.5, 0.6) is 0 Å². The zero-order valence-corrected chi connectivity index (χ0v) is 14.2. The highest BCUT2D eigenvalue weighted by Gasteiger charge is 2.30. The van der Waals surface area contributed by atoms with Crippen LogP contribution in [0.4, 0.5) is 24.8 Å². The minimum absolute atomic E-state index is 0.347. The van der Waals surface area contributed by atoms with Crippen LogP contribution in [0.3, 0.4) is 0 Å². The van der Waals surface area contributed by atoms with Crippen molar-refractivity contribution in [3.8, 4) is 11.3 Å². The number of halogens is 3. The molecule has 0 atom stereocenters. The number of hydrogen-bond acceptors (Lipinski definition) is 4. The lowest BCUT2D eigenvalue weighted by Crippen LogP contribution is -2.05. The topological polar surface area (TPSA) is 55.1 Å². The summed E-state index contributed by atoms with van der Waals surface area (Å²) in [7, 11) is 0. The van der Waals surface area contributed by atoms with Crippen LogP contribution < -0.4 is 5.32 Å². The highest BCUT2D eigenvalue weighted by Crippen LogP contribution is 2.32. The van der Waals surface area contributed by atoms with Crippen LogP contribution in [-0.2, 0) is 6.18 Å². The summed E-state index contributed by atoms with van der Waals surface area (Å²) in [5.41, 5.74) is 2.37. The van der Waals surface area contributed by atoms with Crippen molar-refractivity contribution in [3.05, 3.63) is 72.1 Å². The van der Waals surface area contributed by atoms with Gasteiger partial charge in [0.15, 0.2) is 5.65 Å². The standard InChI is InChI=1S/C19H14F3N5/c1-12-10-15(8-9-23-12)24-18-25-17-7-3-6-16(27(17)26-18)13-4-2-5-14(11-13)19(20,21)22/h2-11H,1H3,(H,23,24,26). The summed E-state index contributed by atoms with van der Waals surface area (Å²) in [6, 6.07) is 14.0. The van der Waals surface area contributed by atoms with Gasteiger partial charge in [0.05, 0.1) is 11.3 Å². The highest BCUT2D eigenvalue weighted by atomic mass is 19.4. The number of aryl methyl sites for hydroxylation is 1. The molecule has 0 spiro atoms. The second-order valence-electron chi connectivity index (χ2n) is 6.01. The van der Waals surface area contributed by atoms with E-state index in [0.717, 1.165) is 23.5 Å². The first kappa shape index (κ1) is 17.0. The van der Waals surface area contributed by atoms with Gasteiger partial charge in [-0.25, -0.2) is 4.52 Å². The zero-order chi connectivity index (χ0) is 19.0. The van der Waals surface area contributed by atoms with E-state index in [1.165, 1.54) is 10.6 Å². The number of pyridine rings is 2. The third kappa shape index (κ3) is 3.46. The molecule has 1 N–H and O–H groups in total. The molecule has 8 heteroatoms. The van der Waals surface area contributed by atoms with Crippen LogP contribution in [0.25, 0.3) is 16.9 Å². The third-order valence-corrected chi connectivity index (χ3v) is 4.00. The van der Waals surface area contributed by atoms with Gasteiger partial charge in [-0.15, -0.1) is 5.10 Å². The summed E-state index contributed by atoms with van der Waals surface area (Å²) in [5.74, 6) is 0.347. The largest absolute Gasteiger partial charge is 0.416 e. The van der Waals surface area contributed by atoms with Gasteiger partial charge in [-0.3, -0.25) is 4.98 Å². The molecule has 3 heterocycles. The molecule has 5 nitrogen and oxygen atoms in total. The molecule has 0 aliphatic carbocycles. The zero-order valence-electron chi connectivity index (χ0n) is 14.2. The number of fused-ring (bicyclic) bond motifs is 1. The monoisotopic (exact) mass is 369 g/mol. The lowest BCUT2D eigenvalue weighted by molar-refractivity contribution is -0.137. The number of rotatable bonds is 3. The van der Waals surface area contributed by atoms with Crippen molar-refractivity contribution >= 4 is 17.3 Å². The molecule has 0 bridgehead atoms. The first-order valence-electron chi connectivity index (χ1n) is 8.13. The molecule has 0 aliphatic rings. The molecule has 0 aliphatic heterocycles. The van der Waals surface area contributed by atoms with Crippen LogP contribution in [0.2, 0.25) is 0 Å².